The Morgan fingerprint density at radius 1 is 1.41 bits per heavy atom. The topological polar surface area (TPSA) is 81.8 Å². The minimum absolute atomic E-state index is 0.191. The van der Waals surface area contributed by atoms with Gasteiger partial charge in [0.2, 0.25) is 0 Å². The molecule has 0 aromatic heterocycles. The molecular weight excluding hydrogens is 242 g/mol. The second-order valence-electron chi connectivity index (χ2n) is 3.36. The first-order valence-electron chi connectivity index (χ1n) is 4.82. The molecule has 17 heavy (non-hydrogen) atoms. The third-order valence-electron chi connectivity index (χ3n) is 2.06. The summed E-state index contributed by atoms with van der Waals surface area (Å²) in [5, 5.41) is 8.74. The van der Waals surface area contributed by atoms with Gasteiger partial charge in [-0.15, -0.1) is 0 Å². The summed E-state index contributed by atoms with van der Waals surface area (Å²) < 4.78 is 10.3. The fourth-order valence-electron chi connectivity index (χ4n) is 1.15. The summed E-state index contributed by atoms with van der Waals surface area (Å²) in [6, 6.07) is 4.80. The van der Waals surface area contributed by atoms with Gasteiger partial charge in [0.25, 0.3) is 0 Å². The number of hydrogen-bond acceptors (Lipinski definition) is 4. The molecule has 0 heterocycles. The van der Waals surface area contributed by atoms with Crippen molar-refractivity contribution >= 4 is 23.2 Å². The predicted molar refractivity (Wildman–Crippen MR) is 66.6 cm³/mol. The third-order valence-corrected chi connectivity index (χ3v) is 2.30. The molecule has 6 heteroatoms. The summed E-state index contributed by atoms with van der Waals surface area (Å²) in [7, 11) is 1.49. The van der Waals surface area contributed by atoms with Crippen LogP contribution in [-0.2, 0) is 4.79 Å². The van der Waals surface area contributed by atoms with E-state index in [0.29, 0.717) is 17.1 Å². The lowest BCUT2D eigenvalue weighted by Crippen LogP contribution is -2.23. The van der Waals surface area contributed by atoms with Gasteiger partial charge in [-0.05, 0) is 19.1 Å². The van der Waals surface area contributed by atoms with Gasteiger partial charge in [0, 0.05) is 11.6 Å². The van der Waals surface area contributed by atoms with E-state index in [1.807, 2.05) is 0 Å². The molecule has 1 unspecified atom stereocenters. The molecule has 0 bridgehead atoms. The average Bonchev–Trinajstić information content (AvgIpc) is 2.28. The van der Waals surface area contributed by atoms with Crippen molar-refractivity contribution in [2.75, 3.05) is 7.11 Å². The maximum Gasteiger partial charge on any atom is 0.344 e. The predicted octanol–water partition coefficient (Wildman–Crippen LogP) is 1.18. The van der Waals surface area contributed by atoms with E-state index in [4.69, 9.17) is 32.5 Å². The molecule has 0 spiro atoms. The van der Waals surface area contributed by atoms with Crippen molar-refractivity contribution in [3.05, 3.63) is 23.8 Å². The van der Waals surface area contributed by atoms with E-state index in [1.54, 1.807) is 18.2 Å². The molecule has 1 aromatic carbocycles. The maximum absolute atomic E-state index is 10.7. The lowest BCUT2D eigenvalue weighted by atomic mass is 10.2. The van der Waals surface area contributed by atoms with Crippen LogP contribution < -0.4 is 15.2 Å². The molecule has 3 N–H and O–H groups in total. The maximum atomic E-state index is 10.7. The van der Waals surface area contributed by atoms with Crippen LogP contribution in [0.2, 0.25) is 0 Å². The number of hydrogen-bond donors (Lipinski definition) is 2. The number of benzene rings is 1. The van der Waals surface area contributed by atoms with Crippen molar-refractivity contribution in [2.24, 2.45) is 5.73 Å². The van der Waals surface area contributed by atoms with E-state index in [-0.39, 0.29) is 4.99 Å². The average molecular weight is 255 g/mol. The van der Waals surface area contributed by atoms with Crippen molar-refractivity contribution in [3.8, 4) is 11.5 Å². The van der Waals surface area contributed by atoms with E-state index in [0.717, 1.165) is 0 Å². The van der Waals surface area contributed by atoms with Crippen molar-refractivity contribution < 1.29 is 19.4 Å². The summed E-state index contributed by atoms with van der Waals surface area (Å²) in [4.78, 5) is 10.9. The summed E-state index contributed by atoms with van der Waals surface area (Å²) in [5.41, 5.74) is 6.06. The molecular formula is C11H13NO4S. The third kappa shape index (κ3) is 3.60. The van der Waals surface area contributed by atoms with Gasteiger partial charge in [-0.2, -0.15) is 0 Å². The van der Waals surface area contributed by atoms with Gasteiger partial charge in [0.15, 0.2) is 6.10 Å². The number of aliphatic carboxylic acids is 1. The number of carboxylic acids is 1. The first kappa shape index (κ1) is 13.2. The van der Waals surface area contributed by atoms with Crippen molar-refractivity contribution in [1.29, 1.82) is 0 Å². The number of carboxylic acid groups (broad SMARTS) is 1. The quantitative estimate of drug-likeness (QED) is 0.769. The van der Waals surface area contributed by atoms with E-state index in [9.17, 15) is 4.79 Å². The smallest absolute Gasteiger partial charge is 0.344 e. The summed E-state index contributed by atoms with van der Waals surface area (Å²) >= 11 is 4.84. The lowest BCUT2D eigenvalue weighted by molar-refractivity contribution is -0.144. The molecule has 5 nitrogen and oxygen atoms in total. The second-order valence-corrected chi connectivity index (χ2v) is 3.80. The number of carbonyl (C=O) groups is 1. The zero-order valence-corrected chi connectivity index (χ0v) is 10.3. The highest BCUT2D eigenvalue weighted by molar-refractivity contribution is 7.80. The van der Waals surface area contributed by atoms with E-state index in [2.05, 4.69) is 0 Å². The first-order chi connectivity index (χ1) is 7.93. The van der Waals surface area contributed by atoms with Crippen LogP contribution in [-0.4, -0.2) is 29.3 Å². The van der Waals surface area contributed by atoms with Crippen LogP contribution in [0.4, 0.5) is 0 Å². The van der Waals surface area contributed by atoms with Crippen LogP contribution in [0, 0.1) is 0 Å². The van der Waals surface area contributed by atoms with E-state index in [1.165, 1.54) is 14.0 Å². The van der Waals surface area contributed by atoms with Gasteiger partial charge in [-0.25, -0.2) is 4.79 Å². The summed E-state index contributed by atoms with van der Waals surface area (Å²) in [6.45, 7) is 1.43. The Morgan fingerprint density at radius 2 is 2.00 bits per heavy atom. The molecule has 0 aliphatic carbocycles. The molecule has 92 valence electrons. The number of thiocarbonyl (C=S) groups is 1. The highest BCUT2D eigenvalue weighted by atomic mass is 32.1. The van der Waals surface area contributed by atoms with Crippen molar-refractivity contribution in [2.45, 2.75) is 13.0 Å². The molecule has 0 aliphatic rings. The number of methoxy groups -OCH3 is 1. The fraction of sp³-hybridized carbons (Fsp3) is 0.273. The normalized spacial score (nSPS) is 11.6. The van der Waals surface area contributed by atoms with Crippen LogP contribution in [0.1, 0.15) is 12.5 Å². The molecule has 0 saturated heterocycles. The van der Waals surface area contributed by atoms with Gasteiger partial charge in [0.05, 0.1) is 7.11 Å². The number of ether oxygens (including phenoxy) is 2. The summed E-state index contributed by atoms with van der Waals surface area (Å²) in [5.74, 6) is -0.199. The van der Waals surface area contributed by atoms with Gasteiger partial charge in [0.1, 0.15) is 16.5 Å². The van der Waals surface area contributed by atoms with Crippen LogP contribution >= 0.6 is 12.2 Å². The largest absolute Gasteiger partial charge is 0.497 e. The van der Waals surface area contributed by atoms with Crippen LogP contribution in [0.3, 0.4) is 0 Å². The standard InChI is InChI=1S/C11H13NO4S/c1-6(11(13)14)16-9-4-7(10(12)17)3-8(5-9)15-2/h3-6H,1-2H3,(H2,12,17)(H,13,14). The van der Waals surface area contributed by atoms with Crippen molar-refractivity contribution in [3.63, 3.8) is 0 Å². The zero-order chi connectivity index (χ0) is 13.0. The molecule has 0 saturated carbocycles. The molecule has 0 fully saturated rings. The summed E-state index contributed by atoms with van der Waals surface area (Å²) in [6.07, 6.45) is -0.957. The molecule has 0 radical (unpaired) electrons. The van der Waals surface area contributed by atoms with Crippen LogP contribution in [0.5, 0.6) is 11.5 Å². The SMILES string of the molecule is COc1cc(OC(C)C(=O)O)cc(C(N)=S)c1. The van der Waals surface area contributed by atoms with Crippen molar-refractivity contribution in [1.82, 2.24) is 0 Å². The minimum atomic E-state index is -1.05. The zero-order valence-electron chi connectivity index (χ0n) is 9.47. The second kappa shape index (κ2) is 5.49. The van der Waals surface area contributed by atoms with Crippen LogP contribution in [0.25, 0.3) is 0 Å². The Kier molecular flexibility index (Phi) is 4.28. The van der Waals surface area contributed by atoms with Gasteiger partial charge < -0.3 is 20.3 Å². The molecule has 0 aliphatic heterocycles. The highest BCUT2D eigenvalue weighted by Crippen LogP contribution is 2.23. The Morgan fingerprint density at radius 3 is 2.47 bits per heavy atom. The molecule has 1 rings (SSSR count). The Hall–Kier alpha value is -1.82. The van der Waals surface area contributed by atoms with Gasteiger partial charge in [-0.3, -0.25) is 0 Å². The fourth-order valence-corrected chi connectivity index (χ4v) is 1.27. The number of nitrogens with two attached hydrogens (primary N) is 1. The monoisotopic (exact) mass is 255 g/mol. The van der Waals surface area contributed by atoms with E-state index < -0.39 is 12.1 Å². The van der Waals surface area contributed by atoms with Crippen LogP contribution in [0.15, 0.2) is 18.2 Å². The van der Waals surface area contributed by atoms with Gasteiger partial charge in [-0.1, -0.05) is 12.2 Å². The Labute approximate surface area is 104 Å². The molecule has 1 aromatic rings. The van der Waals surface area contributed by atoms with E-state index >= 15 is 0 Å². The van der Waals surface area contributed by atoms with Gasteiger partial charge >= 0.3 is 5.97 Å². The molecule has 1 atom stereocenters. The Balaban J connectivity index is 3.02. The molecule has 0 amide bonds. The highest BCUT2D eigenvalue weighted by Gasteiger charge is 2.14. The minimum Gasteiger partial charge on any atom is -0.497 e. The Bertz CT molecular complexity index is 447. The first-order valence-corrected chi connectivity index (χ1v) is 5.23. The lowest BCUT2D eigenvalue weighted by Gasteiger charge is -2.12. The number of rotatable bonds is 5.